The zero-order valence-electron chi connectivity index (χ0n) is 10.8. The van der Waals surface area contributed by atoms with Crippen LogP contribution in [-0.4, -0.2) is 22.9 Å². The molecule has 3 N–H and O–H groups in total. The molecule has 8 heteroatoms. The van der Waals surface area contributed by atoms with E-state index in [1.807, 2.05) is 0 Å². The molecule has 1 aromatic rings. The van der Waals surface area contributed by atoms with Crippen LogP contribution in [0.5, 0.6) is 0 Å². The lowest BCUT2D eigenvalue weighted by Gasteiger charge is -2.24. The Bertz CT molecular complexity index is 595. The van der Waals surface area contributed by atoms with Gasteiger partial charge in [-0.2, -0.15) is 0 Å². The zero-order chi connectivity index (χ0) is 15.4. The Morgan fingerprint density at radius 2 is 1.81 bits per heavy atom. The van der Waals surface area contributed by atoms with Crippen LogP contribution in [0.1, 0.15) is 23.4 Å². The summed E-state index contributed by atoms with van der Waals surface area (Å²) in [5.74, 6) is -3.65. The van der Waals surface area contributed by atoms with Crippen LogP contribution in [0.4, 0.5) is 0 Å². The minimum absolute atomic E-state index is 0.0282. The number of aliphatic carboxylic acids is 1. The molecule has 2 rings (SSSR count). The lowest BCUT2D eigenvalue weighted by Crippen LogP contribution is -2.47. The molecule has 0 radical (unpaired) electrons. The fourth-order valence-corrected chi connectivity index (χ4v) is 2.39. The van der Waals surface area contributed by atoms with Crippen LogP contribution in [-0.2, 0) is 9.59 Å². The maximum absolute atomic E-state index is 12.0. The first kappa shape index (κ1) is 15.3. The molecule has 1 heterocycles. The zero-order valence-corrected chi connectivity index (χ0v) is 12.4. The van der Waals surface area contributed by atoms with E-state index in [0.717, 1.165) is 0 Å². The first-order valence-corrected chi connectivity index (χ1v) is 7.01. The van der Waals surface area contributed by atoms with Gasteiger partial charge in [0.05, 0.1) is 11.8 Å². The van der Waals surface area contributed by atoms with E-state index in [1.165, 1.54) is 6.07 Å². The largest absolute Gasteiger partial charge is 0.481 e. The van der Waals surface area contributed by atoms with E-state index in [4.69, 9.17) is 9.52 Å². The third kappa shape index (κ3) is 3.72. The van der Waals surface area contributed by atoms with Gasteiger partial charge in [0.2, 0.25) is 5.91 Å². The van der Waals surface area contributed by atoms with E-state index in [1.54, 1.807) is 18.2 Å². The molecular weight excluding hydrogens is 344 g/mol. The Balaban J connectivity index is 1.93. The summed E-state index contributed by atoms with van der Waals surface area (Å²) in [6, 6.07) is 2.98. The smallest absolute Gasteiger partial charge is 0.307 e. The predicted octanol–water partition coefficient (Wildman–Crippen LogP) is 1.47. The van der Waals surface area contributed by atoms with E-state index in [0.29, 0.717) is 17.5 Å². The van der Waals surface area contributed by atoms with Crippen LogP contribution in [0.2, 0.25) is 0 Å². The first-order valence-electron chi connectivity index (χ1n) is 6.22. The molecule has 7 nitrogen and oxygen atoms in total. The second-order valence-corrected chi connectivity index (χ2v) is 5.32. The molecule has 1 aromatic heterocycles. The first-order chi connectivity index (χ1) is 9.99. The Hall–Kier alpha value is -2.09. The highest BCUT2D eigenvalue weighted by molar-refractivity contribution is 9.10. The van der Waals surface area contributed by atoms with Gasteiger partial charge in [-0.1, -0.05) is 12.2 Å². The standard InChI is InChI=1S/C13H13BrN2O5/c14-10-6-5-9(21-10)12(18)16-15-11(17)7-3-1-2-4-8(7)13(19)20/h1-2,5-8H,3-4H2,(H,15,17)(H,16,18)(H,19,20). The average molecular weight is 357 g/mol. The molecule has 0 saturated carbocycles. The van der Waals surface area contributed by atoms with E-state index in [-0.39, 0.29) is 5.76 Å². The van der Waals surface area contributed by atoms with Gasteiger partial charge in [0.15, 0.2) is 10.4 Å². The summed E-state index contributed by atoms with van der Waals surface area (Å²) in [6.07, 6.45) is 4.12. The van der Waals surface area contributed by atoms with Crippen molar-refractivity contribution < 1.29 is 23.9 Å². The van der Waals surface area contributed by atoms with Crippen LogP contribution in [0.15, 0.2) is 33.4 Å². The van der Waals surface area contributed by atoms with Crippen molar-refractivity contribution in [3.05, 3.63) is 34.7 Å². The monoisotopic (exact) mass is 356 g/mol. The van der Waals surface area contributed by atoms with E-state index < -0.39 is 29.6 Å². The normalized spacial score (nSPS) is 20.8. The number of allylic oxidation sites excluding steroid dienone is 2. The third-order valence-electron chi connectivity index (χ3n) is 3.18. The summed E-state index contributed by atoms with van der Waals surface area (Å²) in [6.45, 7) is 0. The lowest BCUT2D eigenvalue weighted by molar-refractivity contribution is -0.147. The molecule has 0 aromatic carbocycles. The van der Waals surface area contributed by atoms with Gasteiger partial charge in [-0.15, -0.1) is 0 Å². The summed E-state index contributed by atoms with van der Waals surface area (Å²) in [7, 11) is 0. The van der Waals surface area contributed by atoms with Gasteiger partial charge in [0.1, 0.15) is 0 Å². The number of hydrogen-bond donors (Lipinski definition) is 3. The Kier molecular flexibility index (Phi) is 4.79. The summed E-state index contributed by atoms with van der Waals surface area (Å²) in [4.78, 5) is 34.8. The average Bonchev–Trinajstić information content (AvgIpc) is 2.91. The maximum atomic E-state index is 12.0. The van der Waals surface area contributed by atoms with Gasteiger partial charge in [-0.05, 0) is 40.9 Å². The molecule has 21 heavy (non-hydrogen) atoms. The SMILES string of the molecule is O=C(NNC(=O)C1CC=CCC1C(=O)O)c1ccc(Br)o1. The van der Waals surface area contributed by atoms with Gasteiger partial charge in [0.25, 0.3) is 0 Å². The fraction of sp³-hybridized carbons (Fsp3) is 0.308. The topological polar surface area (TPSA) is 109 Å². The maximum Gasteiger partial charge on any atom is 0.307 e. The molecule has 0 bridgehead atoms. The van der Waals surface area contributed by atoms with Gasteiger partial charge >= 0.3 is 11.9 Å². The van der Waals surface area contributed by atoms with Crippen molar-refractivity contribution in [3.63, 3.8) is 0 Å². The van der Waals surface area contributed by atoms with Crippen LogP contribution in [0.25, 0.3) is 0 Å². The van der Waals surface area contributed by atoms with Gasteiger partial charge in [-0.25, -0.2) is 0 Å². The summed E-state index contributed by atoms with van der Waals surface area (Å²) < 4.78 is 5.42. The van der Waals surface area contributed by atoms with E-state index in [2.05, 4.69) is 26.8 Å². The van der Waals surface area contributed by atoms with Crippen molar-refractivity contribution >= 4 is 33.7 Å². The van der Waals surface area contributed by atoms with Crippen molar-refractivity contribution in [1.82, 2.24) is 10.9 Å². The lowest BCUT2D eigenvalue weighted by atomic mass is 9.82. The van der Waals surface area contributed by atoms with Crippen molar-refractivity contribution in [2.75, 3.05) is 0 Å². The quantitative estimate of drug-likeness (QED) is 0.561. The number of nitrogens with one attached hydrogen (secondary N) is 2. The van der Waals surface area contributed by atoms with Crippen molar-refractivity contribution in [2.45, 2.75) is 12.8 Å². The number of furan rings is 1. The third-order valence-corrected chi connectivity index (χ3v) is 3.61. The van der Waals surface area contributed by atoms with E-state index >= 15 is 0 Å². The number of halogens is 1. The molecule has 2 amide bonds. The minimum atomic E-state index is -1.03. The number of rotatable bonds is 3. The number of carboxylic acid groups (broad SMARTS) is 1. The summed E-state index contributed by atoms with van der Waals surface area (Å²) >= 11 is 3.06. The molecule has 0 spiro atoms. The fourth-order valence-electron chi connectivity index (χ4n) is 2.09. The van der Waals surface area contributed by atoms with Crippen molar-refractivity contribution in [1.29, 1.82) is 0 Å². The Labute approximate surface area is 128 Å². The molecule has 1 aliphatic rings. The Morgan fingerprint density at radius 1 is 1.14 bits per heavy atom. The molecule has 1 aliphatic carbocycles. The van der Waals surface area contributed by atoms with E-state index in [9.17, 15) is 14.4 Å². The highest BCUT2D eigenvalue weighted by Crippen LogP contribution is 2.25. The van der Waals surface area contributed by atoms with Gasteiger partial charge < -0.3 is 9.52 Å². The van der Waals surface area contributed by atoms with Gasteiger partial charge in [0, 0.05) is 0 Å². The molecule has 112 valence electrons. The van der Waals surface area contributed by atoms with Crippen molar-refractivity contribution in [3.8, 4) is 0 Å². The number of carbonyl (C=O) groups excluding carboxylic acids is 2. The van der Waals surface area contributed by atoms with Crippen LogP contribution < -0.4 is 10.9 Å². The number of hydrazine groups is 1. The van der Waals surface area contributed by atoms with Crippen molar-refractivity contribution in [2.24, 2.45) is 11.8 Å². The van der Waals surface area contributed by atoms with Crippen LogP contribution in [0.3, 0.4) is 0 Å². The van der Waals surface area contributed by atoms with Gasteiger partial charge in [-0.3, -0.25) is 25.2 Å². The summed E-state index contributed by atoms with van der Waals surface area (Å²) in [5.41, 5.74) is 4.43. The summed E-state index contributed by atoms with van der Waals surface area (Å²) in [5, 5.41) is 9.09. The molecular formula is C13H13BrN2O5. The highest BCUT2D eigenvalue weighted by Gasteiger charge is 2.34. The highest BCUT2D eigenvalue weighted by atomic mass is 79.9. The van der Waals surface area contributed by atoms with Crippen LogP contribution in [0, 0.1) is 11.8 Å². The number of hydrogen-bond acceptors (Lipinski definition) is 4. The number of carbonyl (C=O) groups is 3. The molecule has 2 unspecified atom stereocenters. The Morgan fingerprint density at radius 3 is 2.38 bits per heavy atom. The van der Waals surface area contributed by atoms with Crippen LogP contribution >= 0.6 is 15.9 Å². The minimum Gasteiger partial charge on any atom is -0.481 e. The predicted molar refractivity (Wildman–Crippen MR) is 75.0 cm³/mol. The second-order valence-electron chi connectivity index (χ2n) is 4.54. The second kappa shape index (κ2) is 6.57. The molecule has 2 atom stereocenters. The molecule has 0 aliphatic heterocycles. The molecule has 0 fully saturated rings. The molecule has 0 saturated heterocycles. The number of carboxylic acids is 1. The number of amides is 2.